The molecule has 6 nitrogen and oxygen atoms in total. The third kappa shape index (κ3) is 3.05. The van der Waals surface area contributed by atoms with Crippen LogP contribution in [0.2, 0.25) is 0 Å². The number of carboxylic acids is 1. The highest BCUT2D eigenvalue weighted by atomic mass is 16.7. The molecule has 1 aromatic carbocycles. The molecule has 1 aliphatic heterocycles. The summed E-state index contributed by atoms with van der Waals surface area (Å²) >= 11 is 0. The topological polar surface area (TPSA) is 96.2 Å². The second-order valence-corrected chi connectivity index (χ2v) is 6.57. The van der Waals surface area contributed by atoms with E-state index in [0.29, 0.717) is 5.56 Å². The molecule has 2 rings (SSSR count). The Hall–Kier alpha value is -1.73. The molecular formula is C15H21BO6. The van der Waals surface area contributed by atoms with E-state index in [0.717, 1.165) is 0 Å². The molecule has 1 aliphatic rings. The van der Waals surface area contributed by atoms with Gasteiger partial charge in [0, 0.05) is 11.9 Å². The minimum atomic E-state index is -1.02. The fraction of sp³-hybridized carbons (Fsp3) is 0.533. The Kier molecular flexibility index (Phi) is 4.15. The molecule has 1 atom stereocenters. The molecule has 0 spiro atoms. The Labute approximate surface area is 129 Å². The molecule has 1 aromatic rings. The molecule has 1 heterocycles. The van der Waals surface area contributed by atoms with Gasteiger partial charge in [0.2, 0.25) is 0 Å². The summed E-state index contributed by atoms with van der Waals surface area (Å²) in [5.74, 6) is -1.98. The van der Waals surface area contributed by atoms with Crippen LogP contribution in [0.1, 0.15) is 45.5 Å². The first-order valence-corrected chi connectivity index (χ1v) is 7.13. The molecule has 1 fully saturated rings. The summed E-state index contributed by atoms with van der Waals surface area (Å²) in [5.41, 5.74) is -0.819. The molecule has 0 aromatic heterocycles. The average molecular weight is 308 g/mol. The van der Waals surface area contributed by atoms with Gasteiger partial charge in [-0.25, -0.2) is 0 Å². The molecule has 7 heteroatoms. The van der Waals surface area contributed by atoms with Crippen molar-refractivity contribution in [3.8, 4) is 11.5 Å². The van der Waals surface area contributed by atoms with Crippen molar-refractivity contribution in [1.29, 1.82) is 0 Å². The Morgan fingerprint density at radius 2 is 1.73 bits per heavy atom. The molecule has 1 saturated heterocycles. The van der Waals surface area contributed by atoms with E-state index < -0.39 is 30.1 Å². The highest BCUT2D eigenvalue weighted by molar-refractivity contribution is 6.48. The minimum absolute atomic E-state index is 0.0933. The van der Waals surface area contributed by atoms with Crippen LogP contribution in [0.3, 0.4) is 0 Å². The van der Waals surface area contributed by atoms with Crippen LogP contribution in [0.5, 0.6) is 11.5 Å². The Bertz CT molecular complexity index is 567. The molecule has 3 N–H and O–H groups in total. The van der Waals surface area contributed by atoms with Gasteiger partial charge in [-0.2, -0.15) is 0 Å². The number of rotatable bonds is 4. The number of carbonyl (C=O) groups is 1. The molecule has 120 valence electrons. The number of aliphatic carboxylic acids is 1. The van der Waals surface area contributed by atoms with Crippen LogP contribution in [0.4, 0.5) is 0 Å². The highest BCUT2D eigenvalue weighted by Gasteiger charge is 2.54. The summed E-state index contributed by atoms with van der Waals surface area (Å²) in [7, 11) is -0.795. The second kappa shape index (κ2) is 5.48. The zero-order chi connectivity index (χ0) is 16.7. The average Bonchev–Trinajstić information content (AvgIpc) is 2.56. The number of carboxylic acid groups (broad SMARTS) is 1. The summed E-state index contributed by atoms with van der Waals surface area (Å²) < 4.78 is 11.8. The van der Waals surface area contributed by atoms with E-state index in [1.54, 1.807) is 0 Å². The third-order valence-electron chi connectivity index (χ3n) is 4.41. The lowest BCUT2D eigenvalue weighted by atomic mass is 9.66. The Balaban J connectivity index is 2.38. The van der Waals surface area contributed by atoms with E-state index >= 15 is 0 Å². The fourth-order valence-electron chi connectivity index (χ4n) is 2.44. The monoisotopic (exact) mass is 308 g/mol. The first-order valence-electron chi connectivity index (χ1n) is 7.13. The molecule has 1 unspecified atom stereocenters. The molecule has 0 aliphatic carbocycles. The summed E-state index contributed by atoms with van der Waals surface area (Å²) in [6.07, 6.45) is -0.255. The van der Waals surface area contributed by atoms with E-state index in [1.807, 2.05) is 27.7 Å². The number of phenolic OH excluding ortho intramolecular Hbond substituents is 2. The van der Waals surface area contributed by atoms with Crippen molar-refractivity contribution < 1.29 is 29.4 Å². The number of hydrogen-bond donors (Lipinski definition) is 3. The maximum absolute atomic E-state index is 11.2. The maximum atomic E-state index is 11.2. The molecule has 22 heavy (non-hydrogen) atoms. The van der Waals surface area contributed by atoms with Crippen LogP contribution in [0.25, 0.3) is 0 Å². The van der Waals surface area contributed by atoms with E-state index in [2.05, 4.69) is 0 Å². The largest absolute Gasteiger partial charge is 0.508 e. The van der Waals surface area contributed by atoms with Crippen molar-refractivity contribution in [2.75, 3.05) is 0 Å². The van der Waals surface area contributed by atoms with E-state index in [1.165, 1.54) is 18.2 Å². The van der Waals surface area contributed by atoms with Gasteiger partial charge in [0.1, 0.15) is 11.5 Å². The summed E-state index contributed by atoms with van der Waals surface area (Å²) in [4.78, 5) is 11.2. The van der Waals surface area contributed by atoms with Crippen LogP contribution in [0.15, 0.2) is 18.2 Å². The van der Waals surface area contributed by atoms with E-state index in [9.17, 15) is 15.0 Å². The van der Waals surface area contributed by atoms with Gasteiger partial charge in [-0.15, -0.1) is 0 Å². The number of phenols is 2. The summed E-state index contributed by atoms with van der Waals surface area (Å²) in [6.45, 7) is 7.51. The van der Waals surface area contributed by atoms with Gasteiger partial charge in [0.25, 0.3) is 0 Å². The van der Waals surface area contributed by atoms with Crippen molar-refractivity contribution in [2.24, 2.45) is 0 Å². The maximum Gasteiger partial charge on any atom is 0.466 e. The SMILES string of the molecule is CC1(C)OB(C(CC(=O)O)c2ccc(O)cc2O)OC1(C)C. The van der Waals surface area contributed by atoms with Crippen LogP contribution < -0.4 is 0 Å². The van der Waals surface area contributed by atoms with Gasteiger partial charge in [-0.1, -0.05) is 6.07 Å². The first-order chi connectivity index (χ1) is 10.0. The normalized spacial score (nSPS) is 20.8. The van der Waals surface area contributed by atoms with Crippen molar-refractivity contribution in [1.82, 2.24) is 0 Å². The molecule has 0 radical (unpaired) electrons. The molecule has 0 saturated carbocycles. The molecular weight excluding hydrogens is 287 g/mol. The molecule has 0 amide bonds. The zero-order valence-corrected chi connectivity index (χ0v) is 13.2. The van der Waals surface area contributed by atoms with Gasteiger partial charge in [-0.05, 0) is 39.3 Å². The predicted octanol–water partition coefficient (Wildman–Crippen LogP) is 2.29. The second-order valence-electron chi connectivity index (χ2n) is 6.57. The van der Waals surface area contributed by atoms with Crippen molar-refractivity contribution >= 4 is 13.1 Å². The van der Waals surface area contributed by atoms with Gasteiger partial charge in [0.05, 0.1) is 17.6 Å². The van der Waals surface area contributed by atoms with Crippen LogP contribution in [0, 0.1) is 0 Å². The van der Waals surface area contributed by atoms with Crippen molar-refractivity contribution in [2.45, 2.75) is 51.1 Å². The predicted molar refractivity (Wildman–Crippen MR) is 80.8 cm³/mol. The van der Waals surface area contributed by atoms with Gasteiger partial charge in [-0.3, -0.25) is 4.79 Å². The Morgan fingerprint density at radius 3 is 2.18 bits per heavy atom. The van der Waals surface area contributed by atoms with Gasteiger partial charge >= 0.3 is 13.1 Å². The zero-order valence-electron chi connectivity index (χ0n) is 13.2. The Morgan fingerprint density at radius 1 is 1.18 bits per heavy atom. The van der Waals surface area contributed by atoms with Crippen molar-refractivity contribution in [3.63, 3.8) is 0 Å². The lowest BCUT2D eigenvalue weighted by molar-refractivity contribution is -0.137. The van der Waals surface area contributed by atoms with E-state index in [4.69, 9.17) is 14.4 Å². The van der Waals surface area contributed by atoms with Gasteiger partial charge in [0.15, 0.2) is 0 Å². The van der Waals surface area contributed by atoms with Gasteiger partial charge < -0.3 is 24.6 Å². The lowest BCUT2D eigenvalue weighted by Crippen LogP contribution is -2.41. The fourth-order valence-corrected chi connectivity index (χ4v) is 2.44. The lowest BCUT2D eigenvalue weighted by Gasteiger charge is -2.32. The first kappa shape index (κ1) is 16.6. The minimum Gasteiger partial charge on any atom is -0.508 e. The van der Waals surface area contributed by atoms with Crippen molar-refractivity contribution in [3.05, 3.63) is 23.8 Å². The van der Waals surface area contributed by atoms with Crippen LogP contribution in [-0.4, -0.2) is 39.6 Å². The van der Waals surface area contributed by atoms with E-state index in [-0.39, 0.29) is 17.9 Å². The molecule has 0 bridgehead atoms. The number of aromatic hydroxyl groups is 2. The highest BCUT2D eigenvalue weighted by Crippen LogP contribution is 2.43. The standard InChI is InChI=1S/C15H21BO6/c1-14(2)15(3,4)22-16(21-14)11(8-13(19)20)10-6-5-9(17)7-12(10)18/h5-7,11,17-18H,8H2,1-4H3,(H,19,20). The van der Waals surface area contributed by atoms with Crippen LogP contribution >= 0.6 is 0 Å². The third-order valence-corrected chi connectivity index (χ3v) is 4.41. The van der Waals surface area contributed by atoms with Crippen LogP contribution in [-0.2, 0) is 14.1 Å². The summed E-state index contributed by atoms with van der Waals surface area (Å²) in [6, 6.07) is 4.06. The number of hydrogen-bond acceptors (Lipinski definition) is 5. The summed E-state index contributed by atoms with van der Waals surface area (Å²) in [5, 5.41) is 28.6. The quantitative estimate of drug-likeness (QED) is 0.739. The number of benzene rings is 1. The smallest absolute Gasteiger partial charge is 0.466 e.